The highest BCUT2D eigenvalue weighted by Crippen LogP contribution is 2.36. The first kappa shape index (κ1) is 9.66. The predicted molar refractivity (Wildman–Crippen MR) is 87.0 cm³/mol. The lowest BCUT2D eigenvalue weighted by molar-refractivity contribution is 0.107. The lowest BCUT2D eigenvalue weighted by Gasteiger charge is -1.97. The van der Waals surface area contributed by atoms with Crippen LogP contribution in [0, 0.1) is 0 Å². The SMILES string of the molecule is [2H]c1cc2c(c([2H])c1Cl)N=C(c1[nH]c3c([2H])c(Cl)c([2H])cc3c1O)C2=O. The number of fused-ring (bicyclic) bond motifs is 2. The average molecular weight is 335 g/mol. The molecule has 1 aliphatic heterocycles. The van der Waals surface area contributed by atoms with Crippen molar-refractivity contribution in [2.75, 3.05) is 0 Å². The van der Waals surface area contributed by atoms with Gasteiger partial charge in [-0.3, -0.25) is 4.79 Å². The standard InChI is InChI=1S/C16H8Cl2N2O2/c17-7-1-3-9-11(5-7)19-13(15(9)21)14-16(22)10-4-2-8(18)6-12(10)20-14/h1-6,19,21H/i1D,2D,5D,6D. The summed E-state index contributed by atoms with van der Waals surface area (Å²) < 4.78 is 31.4. The first-order valence-corrected chi connectivity index (χ1v) is 6.91. The number of nitrogens with zero attached hydrogens (tertiary/aromatic N) is 1. The van der Waals surface area contributed by atoms with E-state index in [9.17, 15) is 9.90 Å². The highest BCUT2D eigenvalue weighted by Gasteiger charge is 2.29. The van der Waals surface area contributed by atoms with Gasteiger partial charge in [0.15, 0.2) is 5.75 Å². The number of halogens is 2. The van der Waals surface area contributed by atoms with Crippen LogP contribution < -0.4 is 0 Å². The lowest BCUT2D eigenvalue weighted by atomic mass is 10.1. The second-order valence-electron chi connectivity index (χ2n) is 4.64. The first-order valence-electron chi connectivity index (χ1n) is 8.16. The lowest BCUT2D eigenvalue weighted by Crippen LogP contribution is -2.11. The van der Waals surface area contributed by atoms with Crippen molar-refractivity contribution >= 4 is 51.3 Å². The van der Waals surface area contributed by atoms with Crippen molar-refractivity contribution in [2.24, 2.45) is 4.99 Å². The molecule has 0 bridgehead atoms. The molecular formula is C16H8Cl2N2O2. The van der Waals surface area contributed by atoms with Gasteiger partial charge in [-0.05, 0) is 36.3 Å². The number of aliphatic imine (C=N–C) groups is 1. The number of carbonyl (C=O) groups is 1. The zero-order valence-electron chi connectivity index (χ0n) is 14.7. The molecule has 0 fully saturated rings. The van der Waals surface area contributed by atoms with Gasteiger partial charge in [-0.25, -0.2) is 4.99 Å². The zero-order valence-corrected chi connectivity index (χ0v) is 12.2. The molecular weight excluding hydrogens is 323 g/mol. The van der Waals surface area contributed by atoms with Crippen LogP contribution in [0.4, 0.5) is 5.69 Å². The van der Waals surface area contributed by atoms with Gasteiger partial charge in [0.2, 0.25) is 5.78 Å². The Bertz CT molecular complexity index is 1190. The first-order chi connectivity index (χ1) is 12.2. The Morgan fingerprint density at radius 1 is 1.18 bits per heavy atom. The van der Waals surface area contributed by atoms with Crippen LogP contribution in [0.1, 0.15) is 21.5 Å². The Morgan fingerprint density at radius 2 is 1.91 bits per heavy atom. The molecule has 0 unspecified atom stereocenters. The van der Waals surface area contributed by atoms with E-state index in [2.05, 4.69) is 9.98 Å². The van der Waals surface area contributed by atoms with Gasteiger partial charge in [0.1, 0.15) is 11.4 Å². The van der Waals surface area contributed by atoms with E-state index in [4.69, 9.17) is 28.7 Å². The summed E-state index contributed by atoms with van der Waals surface area (Å²) in [5.74, 6) is -0.924. The fraction of sp³-hybridized carbons (Fsp3) is 0. The number of aromatic nitrogens is 1. The Labute approximate surface area is 140 Å². The predicted octanol–water partition coefficient (Wildman–Crippen LogP) is 4.50. The van der Waals surface area contributed by atoms with Gasteiger partial charge >= 0.3 is 0 Å². The number of ketones is 1. The number of benzene rings is 2. The van der Waals surface area contributed by atoms with Crippen LogP contribution >= 0.6 is 23.2 Å². The number of hydrogen-bond acceptors (Lipinski definition) is 3. The molecule has 0 spiro atoms. The van der Waals surface area contributed by atoms with Crippen molar-refractivity contribution < 1.29 is 15.4 Å². The zero-order chi connectivity index (χ0) is 18.9. The van der Waals surface area contributed by atoms with Crippen LogP contribution in [0.5, 0.6) is 5.75 Å². The van der Waals surface area contributed by atoms with E-state index in [1.807, 2.05) is 0 Å². The third kappa shape index (κ3) is 1.85. The molecule has 1 aromatic heterocycles. The topological polar surface area (TPSA) is 65.4 Å². The minimum absolute atomic E-state index is 0.0226. The molecule has 0 amide bonds. The molecule has 2 N–H and O–H groups in total. The second kappa shape index (κ2) is 4.60. The van der Waals surface area contributed by atoms with Crippen molar-refractivity contribution in [3.05, 3.63) is 57.6 Å². The molecule has 0 saturated carbocycles. The Hall–Kier alpha value is -2.30. The van der Waals surface area contributed by atoms with Crippen LogP contribution in [-0.4, -0.2) is 21.6 Å². The van der Waals surface area contributed by atoms with Crippen molar-refractivity contribution in [3.63, 3.8) is 0 Å². The van der Waals surface area contributed by atoms with Gasteiger partial charge in [-0.2, -0.15) is 0 Å². The molecule has 6 heteroatoms. The minimum Gasteiger partial charge on any atom is -0.505 e. The van der Waals surface area contributed by atoms with Crippen LogP contribution in [0.3, 0.4) is 0 Å². The van der Waals surface area contributed by atoms with E-state index in [0.29, 0.717) is 0 Å². The largest absolute Gasteiger partial charge is 0.505 e. The smallest absolute Gasteiger partial charge is 0.215 e. The summed E-state index contributed by atoms with van der Waals surface area (Å²) in [6.45, 7) is 0. The fourth-order valence-corrected chi connectivity index (χ4v) is 2.62. The van der Waals surface area contributed by atoms with E-state index >= 15 is 0 Å². The Morgan fingerprint density at radius 3 is 2.73 bits per heavy atom. The Kier molecular flexibility index (Phi) is 2.02. The maximum absolute atomic E-state index is 12.7. The minimum atomic E-state index is -0.579. The van der Waals surface area contributed by atoms with E-state index < -0.39 is 5.78 Å². The fourth-order valence-electron chi connectivity index (χ4n) is 2.33. The van der Waals surface area contributed by atoms with E-state index in [0.717, 1.165) is 0 Å². The molecule has 4 nitrogen and oxygen atoms in total. The molecule has 0 aliphatic carbocycles. The van der Waals surface area contributed by atoms with Crippen molar-refractivity contribution in [3.8, 4) is 5.75 Å². The molecule has 4 rings (SSSR count). The molecule has 22 heavy (non-hydrogen) atoms. The summed E-state index contributed by atoms with van der Waals surface area (Å²) in [5, 5.41) is 10.4. The summed E-state index contributed by atoms with van der Waals surface area (Å²) in [5.41, 5.74) is 0.0248. The van der Waals surface area contributed by atoms with Gasteiger partial charge in [-0.1, -0.05) is 23.2 Å². The summed E-state index contributed by atoms with van der Waals surface area (Å²) in [6, 6.07) is 1.78. The number of aromatic hydroxyl groups is 1. The van der Waals surface area contributed by atoms with E-state index in [1.54, 1.807) is 0 Å². The molecule has 2 aromatic carbocycles. The second-order valence-corrected chi connectivity index (χ2v) is 5.40. The molecule has 0 radical (unpaired) electrons. The van der Waals surface area contributed by atoms with Crippen LogP contribution in [-0.2, 0) is 0 Å². The number of rotatable bonds is 1. The monoisotopic (exact) mass is 334 g/mol. The highest BCUT2D eigenvalue weighted by atomic mass is 35.5. The van der Waals surface area contributed by atoms with Gasteiger partial charge in [0.05, 0.1) is 22.3 Å². The van der Waals surface area contributed by atoms with Gasteiger partial charge in [0.25, 0.3) is 0 Å². The normalized spacial score (nSPS) is 16.1. The van der Waals surface area contributed by atoms with E-state index in [-0.39, 0.29) is 73.5 Å². The van der Waals surface area contributed by atoms with Crippen molar-refractivity contribution in [2.45, 2.75) is 0 Å². The number of H-pyrrole nitrogens is 1. The summed E-state index contributed by atoms with van der Waals surface area (Å²) in [4.78, 5) is 19.6. The number of nitrogens with one attached hydrogen (secondary N) is 1. The van der Waals surface area contributed by atoms with Crippen molar-refractivity contribution in [1.29, 1.82) is 0 Å². The number of Topliss-reactive ketones (excluding diaryl/α,β-unsaturated/α-hetero) is 1. The van der Waals surface area contributed by atoms with Crippen molar-refractivity contribution in [1.82, 2.24) is 4.98 Å². The maximum Gasteiger partial charge on any atom is 0.215 e. The van der Waals surface area contributed by atoms with Gasteiger partial charge in [-0.15, -0.1) is 0 Å². The summed E-state index contributed by atoms with van der Waals surface area (Å²) >= 11 is 11.8. The van der Waals surface area contributed by atoms with Crippen LogP contribution in [0.15, 0.2) is 41.3 Å². The van der Waals surface area contributed by atoms with Gasteiger partial charge in [0, 0.05) is 15.4 Å². The summed E-state index contributed by atoms with van der Waals surface area (Å²) in [7, 11) is 0. The molecule has 108 valence electrons. The number of aromatic amines is 1. The highest BCUT2D eigenvalue weighted by molar-refractivity contribution is 6.55. The number of hydrogen-bond donors (Lipinski definition) is 2. The van der Waals surface area contributed by atoms with Gasteiger partial charge < -0.3 is 10.1 Å². The molecule has 0 saturated heterocycles. The van der Waals surface area contributed by atoms with E-state index in [1.165, 1.54) is 12.1 Å². The van der Waals surface area contributed by atoms with Crippen LogP contribution in [0.2, 0.25) is 10.0 Å². The quantitative estimate of drug-likeness (QED) is 0.688. The third-order valence-electron chi connectivity index (χ3n) is 3.34. The third-order valence-corrected chi connectivity index (χ3v) is 3.74. The molecule has 2 heterocycles. The average Bonchev–Trinajstić information content (AvgIpc) is 3.09. The maximum atomic E-state index is 12.7. The Balaban J connectivity index is 1.97. The molecule has 0 atom stereocenters. The molecule has 1 aliphatic rings. The summed E-state index contributed by atoms with van der Waals surface area (Å²) in [6.07, 6.45) is 0. The van der Waals surface area contributed by atoms with Crippen LogP contribution in [0.25, 0.3) is 10.9 Å². The number of carbonyl (C=O) groups excluding carboxylic acids is 1. The molecule has 3 aromatic rings.